The van der Waals surface area contributed by atoms with Crippen LogP contribution in [0.3, 0.4) is 0 Å². The first-order valence-corrected chi connectivity index (χ1v) is 9.97. The summed E-state index contributed by atoms with van der Waals surface area (Å²) in [6, 6.07) is 12.8. The van der Waals surface area contributed by atoms with Gasteiger partial charge in [0.15, 0.2) is 0 Å². The van der Waals surface area contributed by atoms with Gasteiger partial charge in [-0.2, -0.15) is 0 Å². The number of amides is 1. The van der Waals surface area contributed by atoms with Crippen LogP contribution in [0, 0.1) is 0 Å². The van der Waals surface area contributed by atoms with Gasteiger partial charge in [-0.25, -0.2) is 8.42 Å². The first-order chi connectivity index (χ1) is 11.9. The van der Waals surface area contributed by atoms with E-state index < -0.39 is 10.0 Å². The fourth-order valence-electron chi connectivity index (χ4n) is 2.88. The Bertz CT molecular complexity index is 916. The Labute approximate surface area is 147 Å². The number of nitrogens with one attached hydrogen (secondary N) is 2. The lowest BCUT2D eigenvalue weighted by atomic mass is 10.1. The number of hydrogen-bond acceptors (Lipinski definition) is 3. The third-order valence-electron chi connectivity index (χ3n) is 4.01. The molecule has 0 unspecified atom stereocenters. The van der Waals surface area contributed by atoms with E-state index in [1.807, 2.05) is 12.1 Å². The fourth-order valence-corrected chi connectivity index (χ4v) is 3.45. The maximum absolute atomic E-state index is 12.1. The van der Waals surface area contributed by atoms with Crippen LogP contribution in [0.5, 0.6) is 0 Å². The van der Waals surface area contributed by atoms with Gasteiger partial charge in [0.05, 0.1) is 6.26 Å². The van der Waals surface area contributed by atoms with Crippen LogP contribution in [-0.2, 0) is 27.7 Å². The Kier molecular flexibility index (Phi) is 4.90. The van der Waals surface area contributed by atoms with Crippen molar-refractivity contribution >= 4 is 33.4 Å². The van der Waals surface area contributed by atoms with E-state index in [2.05, 4.69) is 16.1 Å². The zero-order valence-corrected chi connectivity index (χ0v) is 14.8. The first kappa shape index (κ1) is 17.2. The van der Waals surface area contributed by atoms with Crippen LogP contribution in [0.25, 0.3) is 6.08 Å². The van der Waals surface area contributed by atoms with Crippen molar-refractivity contribution in [3.63, 3.8) is 0 Å². The molecule has 2 aromatic carbocycles. The molecule has 1 amide bonds. The molecule has 0 heterocycles. The van der Waals surface area contributed by atoms with Gasteiger partial charge in [0, 0.05) is 17.5 Å². The molecule has 2 aromatic rings. The van der Waals surface area contributed by atoms with Gasteiger partial charge in [0.25, 0.3) is 0 Å². The van der Waals surface area contributed by atoms with Crippen molar-refractivity contribution in [3.8, 4) is 0 Å². The summed E-state index contributed by atoms with van der Waals surface area (Å²) in [7, 11) is -3.29. The second-order valence-corrected chi connectivity index (χ2v) is 7.90. The summed E-state index contributed by atoms with van der Waals surface area (Å²) >= 11 is 0. The molecule has 0 fully saturated rings. The molecule has 0 saturated heterocycles. The molecule has 0 bridgehead atoms. The summed E-state index contributed by atoms with van der Waals surface area (Å²) in [6.45, 7) is 0. The number of fused-ring (bicyclic) bond motifs is 1. The summed E-state index contributed by atoms with van der Waals surface area (Å²) < 4.78 is 24.7. The third-order valence-corrected chi connectivity index (χ3v) is 4.61. The van der Waals surface area contributed by atoms with Gasteiger partial charge in [-0.05, 0) is 66.3 Å². The van der Waals surface area contributed by atoms with Crippen molar-refractivity contribution in [1.82, 2.24) is 0 Å². The van der Waals surface area contributed by atoms with Gasteiger partial charge in [0.2, 0.25) is 15.9 Å². The Balaban J connectivity index is 1.60. The second kappa shape index (κ2) is 7.11. The molecular formula is C19H20N2O3S. The molecule has 1 aliphatic carbocycles. The number of anilines is 2. The molecule has 2 N–H and O–H groups in total. The van der Waals surface area contributed by atoms with Crippen molar-refractivity contribution in [2.75, 3.05) is 16.3 Å². The Hall–Kier alpha value is -2.60. The third kappa shape index (κ3) is 4.93. The number of carbonyl (C=O) groups is 1. The predicted octanol–water partition coefficient (Wildman–Crippen LogP) is 3.20. The maximum atomic E-state index is 12.1. The second-order valence-electron chi connectivity index (χ2n) is 6.16. The maximum Gasteiger partial charge on any atom is 0.248 e. The average molecular weight is 356 g/mol. The summed E-state index contributed by atoms with van der Waals surface area (Å²) in [4.78, 5) is 12.1. The molecule has 1 aliphatic rings. The van der Waals surface area contributed by atoms with Gasteiger partial charge in [0.1, 0.15) is 0 Å². The quantitative estimate of drug-likeness (QED) is 0.808. The van der Waals surface area contributed by atoms with E-state index in [-0.39, 0.29) is 5.91 Å². The van der Waals surface area contributed by atoms with Crippen LogP contribution in [-0.4, -0.2) is 20.6 Å². The number of rotatable bonds is 5. The zero-order chi connectivity index (χ0) is 17.9. The molecule has 5 nitrogen and oxygen atoms in total. The summed E-state index contributed by atoms with van der Waals surface area (Å²) in [6.07, 6.45) is 7.62. The molecule has 130 valence electrons. The van der Waals surface area contributed by atoms with Crippen molar-refractivity contribution < 1.29 is 13.2 Å². The number of benzene rings is 2. The molecule has 0 radical (unpaired) electrons. The lowest BCUT2D eigenvalue weighted by molar-refractivity contribution is -0.111. The van der Waals surface area contributed by atoms with E-state index in [1.165, 1.54) is 23.6 Å². The van der Waals surface area contributed by atoms with E-state index in [0.29, 0.717) is 5.69 Å². The number of carbonyl (C=O) groups excluding carboxylic acids is 1. The van der Waals surface area contributed by atoms with E-state index in [9.17, 15) is 13.2 Å². The number of aryl methyl sites for hydroxylation is 2. The average Bonchev–Trinajstić information content (AvgIpc) is 3.00. The Morgan fingerprint density at radius 3 is 2.40 bits per heavy atom. The van der Waals surface area contributed by atoms with Gasteiger partial charge in [-0.3, -0.25) is 9.52 Å². The molecule has 0 aliphatic heterocycles. The highest BCUT2D eigenvalue weighted by molar-refractivity contribution is 7.92. The van der Waals surface area contributed by atoms with Crippen LogP contribution in [0.15, 0.2) is 48.5 Å². The molecule has 0 saturated carbocycles. The fraction of sp³-hybridized carbons (Fsp3) is 0.211. The smallest absolute Gasteiger partial charge is 0.248 e. The van der Waals surface area contributed by atoms with Gasteiger partial charge < -0.3 is 5.32 Å². The van der Waals surface area contributed by atoms with E-state index >= 15 is 0 Å². The summed E-state index contributed by atoms with van der Waals surface area (Å²) in [5.41, 5.74) is 4.79. The number of hydrogen-bond donors (Lipinski definition) is 2. The highest BCUT2D eigenvalue weighted by Crippen LogP contribution is 2.24. The lowest BCUT2D eigenvalue weighted by Gasteiger charge is -2.05. The predicted molar refractivity (Wildman–Crippen MR) is 101 cm³/mol. The van der Waals surface area contributed by atoms with Gasteiger partial charge in [-0.15, -0.1) is 0 Å². The molecule has 3 rings (SSSR count). The Morgan fingerprint density at radius 2 is 1.68 bits per heavy atom. The van der Waals surface area contributed by atoms with E-state index in [4.69, 9.17) is 0 Å². The van der Waals surface area contributed by atoms with Crippen molar-refractivity contribution in [2.24, 2.45) is 0 Å². The first-order valence-electron chi connectivity index (χ1n) is 8.08. The summed E-state index contributed by atoms with van der Waals surface area (Å²) in [5, 5.41) is 2.87. The topological polar surface area (TPSA) is 75.3 Å². The minimum Gasteiger partial charge on any atom is -0.323 e. The SMILES string of the molecule is CS(=O)(=O)Nc1ccc(/C=C/C(=O)Nc2ccc3c(c2)CCC3)cc1. The monoisotopic (exact) mass is 356 g/mol. The van der Waals surface area contributed by atoms with Crippen molar-refractivity contribution in [1.29, 1.82) is 0 Å². The van der Waals surface area contributed by atoms with E-state index in [0.717, 1.165) is 30.3 Å². The van der Waals surface area contributed by atoms with Gasteiger partial charge in [-0.1, -0.05) is 18.2 Å². The number of sulfonamides is 1. The minimum absolute atomic E-state index is 0.198. The molecule has 25 heavy (non-hydrogen) atoms. The molecule has 0 atom stereocenters. The lowest BCUT2D eigenvalue weighted by Crippen LogP contribution is -2.09. The van der Waals surface area contributed by atoms with Gasteiger partial charge >= 0.3 is 0 Å². The molecule has 0 aromatic heterocycles. The van der Waals surface area contributed by atoms with E-state index in [1.54, 1.807) is 30.3 Å². The van der Waals surface area contributed by atoms with Crippen molar-refractivity contribution in [3.05, 3.63) is 65.2 Å². The summed E-state index contributed by atoms with van der Waals surface area (Å²) in [5.74, 6) is -0.198. The Morgan fingerprint density at radius 1 is 1.00 bits per heavy atom. The van der Waals surface area contributed by atoms with Crippen molar-refractivity contribution in [2.45, 2.75) is 19.3 Å². The van der Waals surface area contributed by atoms with Crippen LogP contribution >= 0.6 is 0 Å². The normalized spacial score (nSPS) is 13.6. The van der Waals surface area contributed by atoms with Crippen LogP contribution < -0.4 is 10.0 Å². The highest BCUT2D eigenvalue weighted by atomic mass is 32.2. The zero-order valence-electron chi connectivity index (χ0n) is 14.0. The van der Waals surface area contributed by atoms with Crippen LogP contribution in [0.4, 0.5) is 11.4 Å². The standard InChI is InChI=1S/C19H20N2O3S/c1-25(23,24)21-17-9-5-14(6-10-17)7-12-19(22)20-18-11-8-15-3-2-4-16(15)13-18/h5-13,21H,2-4H2,1H3,(H,20,22)/b12-7+. The molecule has 0 spiro atoms. The highest BCUT2D eigenvalue weighted by Gasteiger charge is 2.11. The largest absolute Gasteiger partial charge is 0.323 e. The van der Waals surface area contributed by atoms with Crippen LogP contribution in [0.1, 0.15) is 23.1 Å². The van der Waals surface area contributed by atoms with Crippen LogP contribution in [0.2, 0.25) is 0 Å². The molecular weight excluding hydrogens is 336 g/mol. The minimum atomic E-state index is -3.29. The molecule has 6 heteroatoms.